The molecule has 33 heavy (non-hydrogen) atoms. The monoisotopic (exact) mass is 632 g/mol. The fourth-order valence-corrected chi connectivity index (χ4v) is 7.49. The molecule has 1 aliphatic heterocycles. The summed E-state index contributed by atoms with van der Waals surface area (Å²) >= 11 is 2.29. The molecule has 0 amide bonds. The van der Waals surface area contributed by atoms with E-state index in [9.17, 15) is 5.11 Å². The molecule has 0 aromatic rings. The van der Waals surface area contributed by atoms with Crippen LogP contribution in [-0.2, 0) is 18.0 Å². The summed E-state index contributed by atoms with van der Waals surface area (Å²) in [4.78, 5) is 0. The summed E-state index contributed by atoms with van der Waals surface area (Å²) in [7, 11) is -6.24. The van der Waals surface area contributed by atoms with Crippen LogP contribution in [0, 0.1) is 0 Å². The van der Waals surface area contributed by atoms with Gasteiger partial charge < -0.3 is 23.1 Å². The number of rotatable bonds is 7. The Morgan fingerprint density at radius 2 is 1.06 bits per heavy atom. The Kier molecular flexibility index (Phi) is 10.3. The number of hydrogen-bond donors (Lipinski definition) is 1. The summed E-state index contributed by atoms with van der Waals surface area (Å²) < 4.78 is 26.6. The largest absolute Gasteiger partial charge is 0.414 e. The maximum atomic E-state index is 10.9. The van der Waals surface area contributed by atoms with Gasteiger partial charge in [0, 0.05) is 0 Å². The van der Waals surface area contributed by atoms with Gasteiger partial charge in [-0.25, -0.2) is 0 Å². The first-order chi connectivity index (χ1) is 14.3. The smallest absolute Gasteiger partial charge is 0.192 e. The van der Waals surface area contributed by atoms with E-state index in [0.717, 1.165) is 0 Å². The van der Waals surface area contributed by atoms with Crippen LogP contribution in [0.3, 0.4) is 0 Å². The van der Waals surface area contributed by atoms with Crippen LogP contribution in [0.15, 0.2) is 0 Å². The molecule has 0 bridgehead atoms. The van der Waals surface area contributed by atoms with Gasteiger partial charge in [-0.3, -0.25) is 0 Å². The normalized spacial score (nSPS) is 28.8. The number of aliphatic hydroxyl groups is 1. The van der Waals surface area contributed by atoms with Crippen LogP contribution in [0.2, 0.25) is 54.4 Å². The van der Waals surface area contributed by atoms with Crippen LogP contribution < -0.4 is 0 Å². The quantitative estimate of drug-likeness (QED) is 0.181. The van der Waals surface area contributed by atoms with E-state index in [0.29, 0.717) is 6.61 Å². The minimum Gasteiger partial charge on any atom is -0.414 e. The van der Waals surface area contributed by atoms with Crippen molar-refractivity contribution in [3.63, 3.8) is 0 Å². The van der Waals surface area contributed by atoms with E-state index < -0.39 is 31.2 Å². The van der Waals surface area contributed by atoms with Crippen LogP contribution in [0.4, 0.5) is 0 Å². The number of halogens is 1. The van der Waals surface area contributed by atoms with E-state index in [1.54, 1.807) is 0 Å². The van der Waals surface area contributed by atoms with Gasteiger partial charge in [0.05, 0.1) is 22.7 Å². The van der Waals surface area contributed by atoms with Crippen LogP contribution in [0.5, 0.6) is 0 Å². The highest BCUT2D eigenvalue weighted by atomic mass is 127. The average Bonchev–Trinajstić information content (AvgIpc) is 2.56. The third-order valence-corrected chi connectivity index (χ3v) is 23.3. The van der Waals surface area contributed by atoms with Crippen LogP contribution in [0.1, 0.15) is 62.3 Å². The summed E-state index contributed by atoms with van der Waals surface area (Å²) in [6.45, 7) is 34.2. The van der Waals surface area contributed by atoms with Gasteiger partial charge in [0.15, 0.2) is 31.2 Å². The Morgan fingerprint density at radius 3 is 1.42 bits per heavy atom. The molecule has 0 aromatic heterocycles. The lowest BCUT2D eigenvalue weighted by Gasteiger charge is -2.51. The van der Waals surface area contributed by atoms with Crippen LogP contribution >= 0.6 is 22.6 Å². The van der Waals surface area contributed by atoms with Gasteiger partial charge in [-0.1, -0.05) is 84.9 Å². The third kappa shape index (κ3) is 7.83. The molecule has 1 rings (SSSR count). The Bertz CT molecular complexity index is 650. The fourth-order valence-electron chi connectivity index (χ4n) is 2.84. The van der Waals surface area contributed by atoms with Gasteiger partial charge in [-0.2, -0.15) is 0 Å². The minimum atomic E-state index is -2.13. The second-order valence-electron chi connectivity index (χ2n) is 14.3. The van der Waals surface area contributed by atoms with Gasteiger partial charge >= 0.3 is 0 Å². The first-order valence-electron chi connectivity index (χ1n) is 12.3. The van der Waals surface area contributed by atoms with E-state index in [-0.39, 0.29) is 37.4 Å². The van der Waals surface area contributed by atoms with E-state index in [1.165, 1.54) is 0 Å². The highest BCUT2D eigenvalue weighted by molar-refractivity contribution is 14.1. The lowest BCUT2D eigenvalue weighted by atomic mass is 10.0. The van der Waals surface area contributed by atoms with Crippen molar-refractivity contribution in [1.82, 2.24) is 0 Å². The van der Waals surface area contributed by atoms with E-state index >= 15 is 0 Å². The van der Waals surface area contributed by atoms with Gasteiger partial charge in [0.25, 0.3) is 0 Å². The standard InChI is InChI=1S/C24H53IO5Si3/c1-22(2,3)31(10,11)27-16-17-19(29-32(12,13)23(4,5)6)20(18(25)21(26)28-17)30-33(14,15)24(7,8)9/h17-21,26H,16H2,1-15H3/t17-,18+,19-,20-,21+/m1/s1. The molecule has 1 aliphatic rings. The number of alkyl halides is 1. The van der Waals surface area contributed by atoms with Gasteiger partial charge in [-0.05, 0) is 54.4 Å². The molecule has 9 heteroatoms. The Hall–Kier alpha value is 1.18. The summed E-state index contributed by atoms with van der Waals surface area (Å²) in [6, 6.07) is 0. The molecule has 1 fully saturated rings. The fraction of sp³-hybridized carbons (Fsp3) is 1.00. The van der Waals surface area contributed by atoms with Gasteiger partial charge in [0.2, 0.25) is 0 Å². The van der Waals surface area contributed by atoms with Crippen LogP contribution in [0.25, 0.3) is 0 Å². The molecule has 0 unspecified atom stereocenters. The van der Waals surface area contributed by atoms with Crippen molar-refractivity contribution < 1.29 is 23.1 Å². The van der Waals surface area contributed by atoms with E-state index in [2.05, 4.69) is 124 Å². The van der Waals surface area contributed by atoms with Crippen molar-refractivity contribution in [3.05, 3.63) is 0 Å². The highest BCUT2D eigenvalue weighted by Crippen LogP contribution is 2.44. The zero-order valence-electron chi connectivity index (χ0n) is 24.1. The number of aliphatic hydroxyl groups excluding tert-OH is 1. The predicted molar refractivity (Wildman–Crippen MR) is 156 cm³/mol. The molecule has 1 N–H and O–H groups in total. The lowest BCUT2D eigenvalue weighted by molar-refractivity contribution is -0.224. The van der Waals surface area contributed by atoms with Crippen molar-refractivity contribution in [2.75, 3.05) is 6.61 Å². The maximum Gasteiger partial charge on any atom is 0.192 e. The third-order valence-electron chi connectivity index (χ3n) is 8.48. The SMILES string of the molecule is CC(C)(C)[Si](C)(C)OC[C@H]1O[C@H](O)[C@@H](I)[C@@H](O[Si](C)(C)C(C)(C)C)[C@@H]1O[Si](C)(C)C(C)(C)C. The molecule has 0 radical (unpaired) electrons. The topological polar surface area (TPSA) is 57.2 Å². The van der Waals surface area contributed by atoms with Gasteiger partial charge in [-0.15, -0.1) is 0 Å². The molecule has 5 atom stereocenters. The number of hydrogen-bond acceptors (Lipinski definition) is 5. The molecule has 0 aliphatic carbocycles. The van der Waals surface area contributed by atoms with E-state index in [1.807, 2.05) is 0 Å². The maximum absolute atomic E-state index is 10.9. The molecule has 198 valence electrons. The highest BCUT2D eigenvalue weighted by Gasteiger charge is 2.53. The molecule has 0 aromatic carbocycles. The minimum absolute atomic E-state index is 0.0518. The Labute approximate surface area is 221 Å². The van der Waals surface area contributed by atoms with Crippen molar-refractivity contribution >= 4 is 47.5 Å². The molecular formula is C24H53IO5Si3. The zero-order valence-corrected chi connectivity index (χ0v) is 29.2. The Morgan fingerprint density at radius 1 is 0.697 bits per heavy atom. The molecular weight excluding hydrogens is 579 g/mol. The lowest BCUT2D eigenvalue weighted by Crippen LogP contribution is -2.64. The molecule has 0 saturated carbocycles. The first-order valence-corrected chi connectivity index (χ1v) is 22.3. The van der Waals surface area contributed by atoms with Crippen molar-refractivity contribution in [2.45, 2.75) is 145 Å². The molecule has 1 heterocycles. The first kappa shape index (κ1) is 32.2. The zero-order chi connectivity index (χ0) is 26.4. The Balaban J connectivity index is 3.40. The van der Waals surface area contributed by atoms with Gasteiger partial charge in [0.1, 0.15) is 6.10 Å². The van der Waals surface area contributed by atoms with Crippen LogP contribution in [-0.4, -0.2) is 65.2 Å². The second-order valence-corrected chi connectivity index (χ2v) is 30.0. The molecule has 5 nitrogen and oxygen atoms in total. The van der Waals surface area contributed by atoms with E-state index in [4.69, 9.17) is 18.0 Å². The molecule has 0 spiro atoms. The average molecular weight is 633 g/mol. The number of ether oxygens (including phenoxy) is 1. The van der Waals surface area contributed by atoms with Crippen molar-refractivity contribution in [2.24, 2.45) is 0 Å². The summed E-state index contributed by atoms with van der Waals surface area (Å²) in [6.07, 6.45) is -1.82. The summed E-state index contributed by atoms with van der Waals surface area (Å²) in [5.74, 6) is 0. The predicted octanol–water partition coefficient (Wildman–Crippen LogP) is 7.31. The molecule has 1 saturated heterocycles. The summed E-state index contributed by atoms with van der Waals surface area (Å²) in [5.41, 5.74) is 0. The van der Waals surface area contributed by atoms with Crippen molar-refractivity contribution in [3.8, 4) is 0 Å². The van der Waals surface area contributed by atoms with Crippen molar-refractivity contribution in [1.29, 1.82) is 0 Å². The second kappa shape index (κ2) is 10.5. The summed E-state index contributed by atoms with van der Waals surface area (Å²) in [5, 5.41) is 11.1.